The zero-order valence-corrected chi connectivity index (χ0v) is 30.2. The van der Waals surface area contributed by atoms with E-state index in [1.165, 1.54) is 32.1 Å². The summed E-state index contributed by atoms with van der Waals surface area (Å²) in [6.07, 6.45) is 18.5. The molecule has 9 heteroatoms. The fourth-order valence-electron chi connectivity index (χ4n) is 9.76. The van der Waals surface area contributed by atoms with Crippen molar-refractivity contribution in [1.82, 2.24) is 5.32 Å². The van der Waals surface area contributed by atoms with Crippen LogP contribution < -0.4 is 5.32 Å². The second-order valence-corrected chi connectivity index (χ2v) is 15.1. The molecule has 0 radical (unpaired) electrons. The first-order chi connectivity index (χ1) is 23.3. The molecule has 2 N–H and O–H groups in total. The summed E-state index contributed by atoms with van der Waals surface area (Å²) in [5, 5.41) is 13.4. The van der Waals surface area contributed by atoms with Crippen LogP contribution in [0.5, 0.6) is 0 Å². The topological polar surface area (TPSA) is 105 Å². The van der Waals surface area contributed by atoms with E-state index in [9.17, 15) is 9.90 Å². The average molecular weight is 676 g/mol. The van der Waals surface area contributed by atoms with Crippen LogP contribution in [0.25, 0.3) is 0 Å². The highest BCUT2D eigenvalue weighted by atomic mass is 16.6. The van der Waals surface area contributed by atoms with Crippen molar-refractivity contribution in [1.29, 1.82) is 0 Å². The van der Waals surface area contributed by atoms with Crippen LogP contribution in [0.4, 0.5) is 0 Å². The van der Waals surface area contributed by atoms with E-state index in [2.05, 4.69) is 38.1 Å². The van der Waals surface area contributed by atoms with Gasteiger partial charge in [-0.2, -0.15) is 0 Å². The molecule has 0 spiro atoms. The number of terminal acetylenes is 1. The van der Waals surface area contributed by atoms with E-state index in [0.717, 1.165) is 43.4 Å². The van der Waals surface area contributed by atoms with Crippen LogP contribution in [0.3, 0.4) is 0 Å². The van der Waals surface area contributed by atoms with Gasteiger partial charge in [0, 0.05) is 13.0 Å². The molecule has 0 aromatic rings. The van der Waals surface area contributed by atoms with E-state index >= 15 is 0 Å². The Labute approximate surface area is 290 Å². The standard InChI is InChI=1S/C39H65NO8/c1-5-17-43-19-21-45-23-25-47-27-28-48-26-24-46-22-20-44-18-16-40-37(42)11-6-30(2)34-9-10-35-33-8-7-31-29-32(41)12-14-38(31,3)36(33)13-15-39(34,35)4/h1,7,30,32-36,41H,6,8-29H2,2-4H3,(H,40,42)/t30-,32+,33+,34-,35+,36+,38+,39-/m1/s1. The van der Waals surface area contributed by atoms with E-state index in [0.29, 0.717) is 115 Å². The van der Waals surface area contributed by atoms with Crippen LogP contribution in [-0.4, -0.2) is 103 Å². The largest absolute Gasteiger partial charge is 0.393 e. The Balaban J connectivity index is 0.977. The molecular weight excluding hydrogens is 610 g/mol. The summed E-state index contributed by atoms with van der Waals surface area (Å²) in [7, 11) is 0. The van der Waals surface area contributed by atoms with E-state index in [-0.39, 0.29) is 12.0 Å². The Hall–Kier alpha value is -1.51. The van der Waals surface area contributed by atoms with Gasteiger partial charge in [-0.1, -0.05) is 38.3 Å². The maximum atomic E-state index is 12.6. The Bertz CT molecular complexity index is 1030. The fourth-order valence-corrected chi connectivity index (χ4v) is 9.76. The van der Waals surface area contributed by atoms with Crippen LogP contribution in [0.1, 0.15) is 85.0 Å². The second kappa shape index (κ2) is 20.4. The van der Waals surface area contributed by atoms with Crippen molar-refractivity contribution in [2.75, 3.05) is 85.8 Å². The lowest BCUT2D eigenvalue weighted by Gasteiger charge is -2.58. The van der Waals surface area contributed by atoms with Gasteiger partial charge < -0.3 is 38.8 Å². The van der Waals surface area contributed by atoms with Crippen molar-refractivity contribution in [3.63, 3.8) is 0 Å². The number of aliphatic hydroxyl groups is 1. The highest BCUT2D eigenvalue weighted by molar-refractivity contribution is 5.75. The number of hydrogen-bond acceptors (Lipinski definition) is 8. The molecule has 0 saturated heterocycles. The Kier molecular flexibility index (Phi) is 16.7. The van der Waals surface area contributed by atoms with Gasteiger partial charge in [-0.05, 0) is 98.2 Å². The van der Waals surface area contributed by atoms with Gasteiger partial charge in [-0.3, -0.25) is 4.79 Å². The number of ether oxygens (including phenoxy) is 6. The summed E-state index contributed by atoms with van der Waals surface area (Å²) in [4.78, 5) is 12.6. The van der Waals surface area contributed by atoms with Gasteiger partial charge in [0.15, 0.2) is 0 Å². The minimum atomic E-state index is -0.139. The van der Waals surface area contributed by atoms with Crippen molar-refractivity contribution in [3.8, 4) is 12.3 Å². The van der Waals surface area contributed by atoms with Crippen LogP contribution in [0, 0.1) is 52.8 Å². The summed E-state index contributed by atoms with van der Waals surface area (Å²) in [5.41, 5.74) is 2.24. The maximum Gasteiger partial charge on any atom is 0.220 e. The summed E-state index contributed by atoms with van der Waals surface area (Å²) in [6.45, 7) is 13.8. The van der Waals surface area contributed by atoms with Gasteiger partial charge in [0.2, 0.25) is 5.91 Å². The molecule has 4 aliphatic rings. The first-order valence-electron chi connectivity index (χ1n) is 18.8. The third-order valence-corrected chi connectivity index (χ3v) is 12.3. The molecule has 4 aliphatic carbocycles. The number of carbonyl (C=O) groups is 1. The van der Waals surface area contributed by atoms with Crippen LogP contribution in [-0.2, 0) is 33.2 Å². The predicted octanol–water partition coefficient (Wildman–Crippen LogP) is 5.19. The quantitative estimate of drug-likeness (QED) is 0.0867. The molecule has 1 amide bonds. The third kappa shape index (κ3) is 11.0. The minimum absolute atomic E-state index is 0.127. The summed E-state index contributed by atoms with van der Waals surface area (Å²) < 4.78 is 32.6. The number of amides is 1. The monoisotopic (exact) mass is 675 g/mol. The molecule has 0 bridgehead atoms. The number of allylic oxidation sites excluding steroid dienone is 1. The summed E-state index contributed by atoms with van der Waals surface area (Å²) in [5.74, 6) is 6.14. The van der Waals surface area contributed by atoms with E-state index in [4.69, 9.17) is 34.8 Å². The highest BCUT2D eigenvalue weighted by Crippen LogP contribution is 2.67. The van der Waals surface area contributed by atoms with Crippen molar-refractivity contribution < 1.29 is 38.3 Å². The number of nitrogens with one attached hydrogen (secondary N) is 1. The average Bonchev–Trinajstić information content (AvgIpc) is 3.44. The number of carbonyl (C=O) groups excluding carboxylic acids is 1. The van der Waals surface area contributed by atoms with Crippen molar-refractivity contribution in [2.24, 2.45) is 40.4 Å². The number of aliphatic hydroxyl groups excluding tert-OH is 1. The van der Waals surface area contributed by atoms with Gasteiger partial charge in [-0.25, -0.2) is 0 Å². The van der Waals surface area contributed by atoms with Crippen molar-refractivity contribution in [3.05, 3.63) is 11.6 Å². The van der Waals surface area contributed by atoms with Gasteiger partial charge in [0.1, 0.15) is 6.61 Å². The van der Waals surface area contributed by atoms with Crippen LogP contribution in [0.2, 0.25) is 0 Å². The smallest absolute Gasteiger partial charge is 0.220 e. The zero-order valence-electron chi connectivity index (χ0n) is 30.2. The molecule has 9 nitrogen and oxygen atoms in total. The maximum absolute atomic E-state index is 12.6. The van der Waals surface area contributed by atoms with E-state index < -0.39 is 0 Å². The minimum Gasteiger partial charge on any atom is -0.393 e. The zero-order chi connectivity index (χ0) is 34.2. The molecule has 3 saturated carbocycles. The van der Waals surface area contributed by atoms with E-state index in [1.807, 2.05) is 0 Å². The summed E-state index contributed by atoms with van der Waals surface area (Å²) in [6, 6.07) is 0. The molecule has 0 unspecified atom stereocenters. The van der Waals surface area contributed by atoms with Crippen LogP contribution >= 0.6 is 0 Å². The summed E-state index contributed by atoms with van der Waals surface area (Å²) >= 11 is 0. The number of rotatable bonds is 23. The SMILES string of the molecule is C#CCOCCOCCOCCOCCOCCOCCNC(=O)CC[C@@H](C)[C@H]1CC[C@H]2[C@@H]3CC=C4C[C@@H](O)CC[C@]4(C)[C@H]3CC[C@]12C. The molecule has 8 atom stereocenters. The lowest BCUT2D eigenvalue weighted by atomic mass is 9.47. The van der Waals surface area contributed by atoms with Gasteiger partial charge in [0.05, 0.1) is 78.8 Å². The first-order valence-corrected chi connectivity index (χ1v) is 18.8. The fraction of sp³-hybridized carbons (Fsp3) is 0.872. The van der Waals surface area contributed by atoms with Gasteiger partial charge in [-0.15, -0.1) is 6.42 Å². The normalized spacial score (nSPS) is 31.6. The Morgan fingerprint density at radius 2 is 1.48 bits per heavy atom. The van der Waals surface area contributed by atoms with E-state index in [1.54, 1.807) is 5.57 Å². The molecule has 4 rings (SSSR count). The molecule has 0 aromatic carbocycles. The third-order valence-electron chi connectivity index (χ3n) is 12.3. The molecule has 0 aromatic heterocycles. The lowest BCUT2D eigenvalue weighted by molar-refractivity contribution is -0.121. The predicted molar refractivity (Wildman–Crippen MR) is 186 cm³/mol. The Morgan fingerprint density at radius 3 is 2.10 bits per heavy atom. The molecular formula is C39H65NO8. The second-order valence-electron chi connectivity index (χ2n) is 15.1. The van der Waals surface area contributed by atoms with Gasteiger partial charge in [0.25, 0.3) is 0 Å². The van der Waals surface area contributed by atoms with Crippen molar-refractivity contribution in [2.45, 2.75) is 91.1 Å². The molecule has 274 valence electrons. The molecule has 0 heterocycles. The van der Waals surface area contributed by atoms with Crippen molar-refractivity contribution >= 4 is 5.91 Å². The van der Waals surface area contributed by atoms with Crippen LogP contribution in [0.15, 0.2) is 11.6 Å². The number of fused-ring (bicyclic) bond motifs is 5. The first kappa shape index (κ1) is 39.3. The lowest BCUT2D eigenvalue weighted by Crippen LogP contribution is -2.50. The highest BCUT2D eigenvalue weighted by Gasteiger charge is 2.59. The molecule has 48 heavy (non-hydrogen) atoms. The number of hydrogen-bond donors (Lipinski definition) is 2. The van der Waals surface area contributed by atoms with Gasteiger partial charge >= 0.3 is 0 Å². The Morgan fingerprint density at radius 1 is 0.875 bits per heavy atom. The molecule has 0 aliphatic heterocycles. The molecule has 3 fully saturated rings.